The molecule has 2 atom stereocenters. The molecule has 1 aromatic carbocycles. The van der Waals surface area contributed by atoms with Gasteiger partial charge in [0.2, 0.25) is 0 Å². The molecule has 7 heteroatoms. The zero-order valence-electron chi connectivity index (χ0n) is 26.6. The van der Waals surface area contributed by atoms with Gasteiger partial charge in [0.1, 0.15) is 0 Å². The first kappa shape index (κ1) is 30.8. The maximum absolute atomic E-state index is 6.49. The number of fused-ring (bicyclic) bond motifs is 2. The number of benzene rings is 1. The molecular weight excluding hydrogens is 562 g/mol. The van der Waals surface area contributed by atoms with Gasteiger partial charge >= 0.3 is 245 Å². The van der Waals surface area contributed by atoms with Crippen LogP contribution < -0.4 is 3.86 Å². The average molecular weight is 617 g/mol. The number of allylic oxidation sites excluding steroid dienone is 2. The van der Waals surface area contributed by atoms with Crippen molar-refractivity contribution in [2.24, 2.45) is 11.8 Å². The molecule has 4 nitrogen and oxygen atoms in total. The first-order valence-corrected chi connectivity index (χ1v) is 21.3. The van der Waals surface area contributed by atoms with Crippen molar-refractivity contribution in [2.45, 2.75) is 131 Å². The van der Waals surface area contributed by atoms with Crippen LogP contribution in [-0.2, 0) is 3.76 Å². The Labute approximate surface area is 244 Å². The summed E-state index contributed by atoms with van der Waals surface area (Å²) in [4.78, 5) is 0. The van der Waals surface area contributed by atoms with Gasteiger partial charge in [-0.1, -0.05) is 0 Å². The number of hydrogen-bond donors (Lipinski definition) is 0. The minimum absolute atomic E-state index is 0.172. The van der Waals surface area contributed by atoms with Gasteiger partial charge in [-0.15, -0.1) is 0 Å². The van der Waals surface area contributed by atoms with Gasteiger partial charge in [0.25, 0.3) is 0 Å². The van der Waals surface area contributed by atoms with E-state index in [-0.39, 0.29) is 11.1 Å². The summed E-state index contributed by atoms with van der Waals surface area (Å²) in [7, 11) is -2.24. The molecule has 1 saturated carbocycles. The van der Waals surface area contributed by atoms with Crippen LogP contribution in [0.25, 0.3) is 0 Å². The van der Waals surface area contributed by atoms with Gasteiger partial charge in [0.15, 0.2) is 0 Å². The summed E-state index contributed by atoms with van der Waals surface area (Å²) in [5, 5.41) is 1.82. The van der Waals surface area contributed by atoms with Gasteiger partial charge in [0, 0.05) is 0 Å². The van der Waals surface area contributed by atoms with Crippen molar-refractivity contribution in [3.63, 3.8) is 0 Å². The summed E-state index contributed by atoms with van der Waals surface area (Å²) >= 11 is -1.15. The predicted octanol–water partition coefficient (Wildman–Crippen LogP) is 8.91. The summed E-state index contributed by atoms with van der Waals surface area (Å²) in [5.74, 6) is 2.40. The molecule has 1 saturated heterocycles. The minimum atomic E-state index is -1.74. The maximum atomic E-state index is 6.49. The Kier molecular flexibility index (Phi) is 8.84. The number of nitrogens with zero attached hydrogens (tertiary/aromatic N) is 3. The van der Waals surface area contributed by atoms with E-state index < -0.39 is 32.6 Å². The molecule has 0 aromatic heterocycles. The zero-order valence-corrected chi connectivity index (χ0v) is 31.0. The average Bonchev–Trinajstić information content (AvgIpc) is 3.37. The third kappa shape index (κ3) is 5.27. The summed E-state index contributed by atoms with van der Waals surface area (Å²) in [6.07, 6.45) is 4.07. The molecule has 2 aliphatic carbocycles. The molecule has 38 heavy (non-hydrogen) atoms. The van der Waals surface area contributed by atoms with E-state index in [1.54, 1.807) is 5.70 Å². The van der Waals surface area contributed by atoms with Crippen molar-refractivity contribution in [2.75, 3.05) is 10.5 Å². The molecule has 1 aliphatic heterocycles. The molecule has 4 rings (SSSR count). The zero-order chi connectivity index (χ0) is 28.4. The van der Waals surface area contributed by atoms with Crippen LogP contribution in [0.3, 0.4) is 0 Å². The van der Waals surface area contributed by atoms with E-state index >= 15 is 0 Å². The Morgan fingerprint density at radius 2 is 1.45 bits per heavy atom. The normalized spacial score (nSPS) is 24.7. The Hall–Kier alpha value is -0.170. The second-order valence-electron chi connectivity index (χ2n) is 14.8. The van der Waals surface area contributed by atoms with Crippen LogP contribution in [0.1, 0.15) is 118 Å². The fourth-order valence-electron chi connectivity index (χ4n) is 7.68. The van der Waals surface area contributed by atoms with Crippen LogP contribution in [0, 0.1) is 11.8 Å². The first-order valence-electron chi connectivity index (χ1n) is 15.0. The van der Waals surface area contributed by atoms with Gasteiger partial charge in [-0.2, -0.15) is 0 Å². The molecule has 1 radical (unpaired) electrons. The Morgan fingerprint density at radius 3 is 1.89 bits per heavy atom. The second kappa shape index (κ2) is 10.9. The molecule has 1 heterocycles. The summed E-state index contributed by atoms with van der Waals surface area (Å²) in [6.45, 7) is 32.4. The van der Waals surface area contributed by atoms with Gasteiger partial charge < -0.3 is 0 Å². The molecule has 0 spiro atoms. The topological polar surface area (TPSA) is 19.0 Å². The Morgan fingerprint density at radius 1 is 0.947 bits per heavy atom. The summed E-state index contributed by atoms with van der Waals surface area (Å²) in [6, 6.07) is 7.08. The second-order valence-corrected chi connectivity index (χ2v) is 23.5. The van der Waals surface area contributed by atoms with E-state index in [0.717, 1.165) is 12.5 Å². The third-order valence-corrected chi connectivity index (χ3v) is 21.6. The molecular formula is C31H55GeN3OPSi. The molecule has 2 bridgehead atoms. The number of anilines is 1. The van der Waals surface area contributed by atoms with Crippen molar-refractivity contribution in [1.82, 2.24) is 8.67 Å². The van der Waals surface area contributed by atoms with Crippen LogP contribution in [0.5, 0.6) is 0 Å². The standard InChI is InChI=1S/C31H55GeN3OPSi/c1-14-36-32-33(28-25(21(2)3)16-15-17-26(28)22(4)5)27-23-18-19-24(20-23)29(27)37-34(30(6,7)8)38(12,13)35(37)31(9,10)11/h15-17,21-24,32H,14,18-20H2,1-13H3. The number of rotatable bonds is 8. The van der Waals surface area contributed by atoms with Crippen molar-refractivity contribution in [3.05, 3.63) is 40.3 Å². The van der Waals surface area contributed by atoms with Crippen molar-refractivity contribution in [1.29, 1.82) is 0 Å². The quantitative estimate of drug-likeness (QED) is 0.214. The summed E-state index contributed by atoms with van der Waals surface area (Å²) < 4.78 is 15.4. The monoisotopic (exact) mass is 618 g/mol. The van der Waals surface area contributed by atoms with E-state index in [9.17, 15) is 0 Å². The van der Waals surface area contributed by atoms with Gasteiger partial charge in [-0.05, 0) is 0 Å². The molecule has 3 aliphatic rings. The van der Waals surface area contributed by atoms with Gasteiger partial charge in [-0.3, -0.25) is 0 Å². The molecule has 0 amide bonds. The molecule has 2 fully saturated rings. The first-order chi connectivity index (χ1) is 17.5. The van der Waals surface area contributed by atoms with Crippen molar-refractivity contribution in [3.8, 4) is 0 Å². The van der Waals surface area contributed by atoms with Crippen LogP contribution in [0.4, 0.5) is 5.69 Å². The molecule has 213 valence electrons. The van der Waals surface area contributed by atoms with Crippen LogP contribution in [0.2, 0.25) is 13.1 Å². The molecule has 1 aromatic rings. The van der Waals surface area contributed by atoms with Crippen LogP contribution in [-0.4, -0.2) is 50.7 Å². The van der Waals surface area contributed by atoms with E-state index in [2.05, 4.69) is 120 Å². The van der Waals surface area contributed by atoms with Crippen LogP contribution >= 0.6 is 8.22 Å². The number of para-hydroxylation sites is 1. The van der Waals surface area contributed by atoms with Crippen molar-refractivity contribution < 1.29 is 3.76 Å². The Bertz CT molecular complexity index is 1010. The van der Waals surface area contributed by atoms with E-state index in [1.807, 2.05) is 5.31 Å². The SMILES string of the molecule is CC[O][GeH][N](C1=C(P2N(C(C)(C)C)[Si](C)(C)N2C(C)(C)C)C2CCC1C2)c1c(C(C)C)cccc1C(C)C. The molecule has 2 unspecified atom stereocenters. The number of hydrogen-bond acceptors (Lipinski definition) is 4. The van der Waals surface area contributed by atoms with E-state index in [4.69, 9.17) is 3.76 Å². The van der Waals surface area contributed by atoms with E-state index in [1.165, 1.54) is 36.1 Å². The van der Waals surface area contributed by atoms with Gasteiger partial charge in [0.05, 0.1) is 0 Å². The third-order valence-electron chi connectivity index (χ3n) is 8.56. The fourth-order valence-corrected chi connectivity index (χ4v) is 21.5. The van der Waals surface area contributed by atoms with Crippen LogP contribution in [0.15, 0.2) is 29.2 Å². The predicted molar refractivity (Wildman–Crippen MR) is 171 cm³/mol. The molecule has 0 N–H and O–H groups in total. The summed E-state index contributed by atoms with van der Waals surface area (Å²) in [5.41, 5.74) is 6.54. The van der Waals surface area contributed by atoms with Gasteiger partial charge in [-0.25, -0.2) is 0 Å². The fraction of sp³-hybridized carbons (Fsp3) is 0.742. The van der Waals surface area contributed by atoms with E-state index in [0.29, 0.717) is 17.8 Å². The Balaban J connectivity index is 1.99. The van der Waals surface area contributed by atoms with Crippen molar-refractivity contribution >= 4 is 38.3 Å².